The van der Waals surface area contributed by atoms with Gasteiger partial charge in [0, 0.05) is 17.5 Å². The number of anilines is 1. The molecule has 2 rings (SSSR count). The maximum absolute atomic E-state index is 12.7. The van der Waals surface area contributed by atoms with Crippen LogP contribution in [0.1, 0.15) is 44.6 Å². The quantitative estimate of drug-likeness (QED) is 0.611. The van der Waals surface area contributed by atoms with Gasteiger partial charge in [0.15, 0.2) is 0 Å². The summed E-state index contributed by atoms with van der Waals surface area (Å²) in [6.45, 7) is 4.01. The Kier molecular flexibility index (Phi) is 8.49. The van der Waals surface area contributed by atoms with Crippen molar-refractivity contribution in [1.29, 1.82) is 0 Å². The summed E-state index contributed by atoms with van der Waals surface area (Å²) in [4.78, 5) is 12.7. The molecule has 1 atom stereocenters. The third kappa shape index (κ3) is 6.30. The van der Waals surface area contributed by atoms with Crippen molar-refractivity contribution in [2.45, 2.75) is 57.2 Å². The van der Waals surface area contributed by atoms with Gasteiger partial charge in [-0.05, 0) is 44.4 Å². The van der Waals surface area contributed by atoms with E-state index in [9.17, 15) is 13.2 Å². The number of carbonyl (C=O) groups is 1. The molecule has 0 bridgehead atoms. The lowest BCUT2D eigenvalue weighted by molar-refractivity contribution is -0.121. The fourth-order valence-corrected chi connectivity index (χ4v) is 5.92. The van der Waals surface area contributed by atoms with Gasteiger partial charge in [0.1, 0.15) is 11.8 Å². The van der Waals surface area contributed by atoms with Crippen molar-refractivity contribution in [2.24, 2.45) is 0 Å². The van der Waals surface area contributed by atoms with Gasteiger partial charge in [0.2, 0.25) is 15.9 Å². The highest BCUT2D eigenvalue weighted by Crippen LogP contribution is 2.32. The van der Waals surface area contributed by atoms with Crippen molar-refractivity contribution in [3.8, 4) is 5.75 Å². The number of nitrogens with one attached hydrogen (secondary N) is 1. The number of amides is 1. The molecule has 28 heavy (non-hydrogen) atoms. The lowest BCUT2D eigenvalue weighted by atomic mass is 10.0. The summed E-state index contributed by atoms with van der Waals surface area (Å²) in [7, 11) is -2.18. The van der Waals surface area contributed by atoms with Crippen LogP contribution in [0.4, 0.5) is 5.69 Å². The van der Waals surface area contributed by atoms with E-state index in [0.717, 1.165) is 21.9 Å². The van der Waals surface area contributed by atoms with Gasteiger partial charge in [-0.3, -0.25) is 9.10 Å². The number of hydrogen-bond donors (Lipinski definition) is 1. The van der Waals surface area contributed by atoms with Crippen molar-refractivity contribution in [2.75, 3.05) is 30.0 Å². The third-order valence-electron chi connectivity index (χ3n) is 4.97. The zero-order chi connectivity index (χ0) is 20.7. The van der Waals surface area contributed by atoms with E-state index in [0.29, 0.717) is 23.2 Å². The number of rotatable bonds is 9. The normalized spacial score (nSPS) is 16.4. The number of benzene rings is 1. The molecule has 1 fully saturated rings. The number of methoxy groups -OCH3 is 1. The maximum atomic E-state index is 12.7. The lowest BCUT2D eigenvalue weighted by Crippen LogP contribution is -2.48. The molecule has 1 N–H and O–H groups in total. The van der Waals surface area contributed by atoms with Gasteiger partial charge in [-0.15, -0.1) is 0 Å². The maximum Gasteiger partial charge on any atom is 0.243 e. The Labute approximate surface area is 173 Å². The molecule has 0 aliphatic heterocycles. The van der Waals surface area contributed by atoms with Crippen LogP contribution in [0.15, 0.2) is 18.2 Å². The Morgan fingerprint density at radius 3 is 2.61 bits per heavy atom. The van der Waals surface area contributed by atoms with Crippen LogP contribution in [-0.2, 0) is 14.8 Å². The highest BCUT2D eigenvalue weighted by Gasteiger charge is 2.31. The number of thioether (sulfide) groups is 1. The van der Waals surface area contributed by atoms with Crippen molar-refractivity contribution < 1.29 is 17.9 Å². The Morgan fingerprint density at radius 1 is 1.32 bits per heavy atom. The van der Waals surface area contributed by atoms with E-state index in [-0.39, 0.29) is 5.91 Å². The Bertz CT molecular complexity index is 761. The van der Waals surface area contributed by atoms with E-state index in [1.54, 1.807) is 19.1 Å². The molecule has 1 aliphatic rings. The van der Waals surface area contributed by atoms with Crippen molar-refractivity contribution >= 4 is 33.4 Å². The molecule has 6 nitrogen and oxygen atoms in total. The SMILES string of the molecule is COc1ccc(C)cc1N([C@@H](C)C(=O)NCCSC1CCCCC1)S(C)(=O)=O. The van der Waals surface area contributed by atoms with Crippen molar-refractivity contribution in [3.63, 3.8) is 0 Å². The summed E-state index contributed by atoms with van der Waals surface area (Å²) in [5.41, 5.74) is 1.27. The fraction of sp³-hybridized carbons (Fsp3) is 0.650. The zero-order valence-electron chi connectivity index (χ0n) is 17.2. The predicted molar refractivity (Wildman–Crippen MR) is 117 cm³/mol. The van der Waals surface area contributed by atoms with Crippen LogP contribution in [-0.4, -0.2) is 51.3 Å². The Balaban J connectivity index is 2.03. The van der Waals surface area contributed by atoms with Gasteiger partial charge in [0.25, 0.3) is 0 Å². The topological polar surface area (TPSA) is 75.7 Å². The van der Waals surface area contributed by atoms with Crippen LogP contribution in [0, 0.1) is 6.92 Å². The smallest absolute Gasteiger partial charge is 0.243 e. The van der Waals surface area contributed by atoms with Gasteiger partial charge in [-0.25, -0.2) is 8.42 Å². The molecule has 1 aromatic rings. The second-order valence-electron chi connectivity index (χ2n) is 7.33. The summed E-state index contributed by atoms with van der Waals surface area (Å²) in [5, 5.41) is 3.58. The average Bonchev–Trinajstić information content (AvgIpc) is 2.65. The molecular formula is C20H32N2O4S2. The molecule has 8 heteroatoms. The fourth-order valence-electron chi connectivity index (χ4n) is 3.53. The van der Waals surface area contributed by atoms with Crippen LogP contribution in [0.5, 0.6) is 5.75 Å². The number of nitrogens with zero attached hydrogens (tertiary/aromatic N) is 1. The molecule has 1 saturated carbocycles. The number of carbonyl (C=O) groups excluding carboxylic acids is 1. The highest BCUT2D eigenvalue weighted by molar-refractivity contribution is 7.99. The summed E-state index contributed by atoms with van der Waals surface area (Å²) in [5.74, 6) is 0.956. The third-order valence-corrected chi connectivity index (χ3v) is 7.58. The standard InChI is InChI=1S/C20H32N2O4S2/c1-15-10-11-19(26-3)18(14-15)22(28(4,24)25)16(2)20(23)21-12-13-27-17-8-6-5-7-9-17/h10-11,14,16-17H,5-9,12-13H2,1-4H3,(H,21,23)/t16-/m0/s1. The molecular weight excluding hydrogens is 396 g/mol. The molecule has 0 unspecified atom stereocenters. The molecule has 0 radical (unpaired) electrons. The molecule has 0 aromatic heterocycles. The molecule has 1 aromatic carbocycles. The second-order valence-corrected chi connectivity index (χ2v) is 10.6. The van der Waals surface area contributed by atoms with E-state index in [1.165, 1.54) is 39.2 Å². The van der Waals surface area contributed by atoms with Crippen molar-refractivity contribution in [3.05, 3.63) is 23.8 Å². The van der Waals surface area contributed by atoms with E-state index >= 15 is 0 Å². The average molecular weight is 429 g/mol. The Hall–Kier alpha value is -1.41. The van der Waals surface area contributed by atoms with E-state index in [4.69, 9.17) is 4.74 Å². The van der Waals surface area contributed by atoms with E-state index < -0.39 is 16.1 Å². The number of aryl methyl sites for hydroxylation is 1. The summed E-state index contributed by atoms with van der Waals surface area (Å²) < 4.78 is 31.4. The van der Waals surface area contributed by atoms with Crippen LogP contribution < -0.4 is 14.4 Å². The van der Waals surface area contributed by atoms with Crippen molar-refractivity contribution in [1.82, 2.24) is 5.32 Å². The molecule has 1 amide bonds. The van der Waals surface area contributed by atoms with E-state index in [2.05, 4.69) is 5.32 Å². The summed E-state index contributed by atoms with van der Waals surface area (Å²) in [6, 6.07) is 4.41. The largest absolute Gasteiger partial charge is 0.495 e. The first-order valence-electron chi connectivity index (χ1n) is 9.77. The molecule has 0 heterocycles. The predicted octanol–water partition coefficient (Wildman–Crippen LogP) is 3.34. The molecule has 1 aliphatic carbocycles. The van der Waals surface area contributed by atoms with Gasteiger partial charge in [-0.2, -0.15) is 11.8 Å². The number of ether oxygens (including phenoxy) is 1. The minimum absolute atomic E-state index is 0.307. The zero-order valence-corrected chi connectivity index (χ0v) is 18.9. The van der Waals surface area contributed by atoms with Gasteiger partial charge in [-0.1, -0.05) is 25.3 Å². The monoisotopic (exact) mass is 428 g/mol. The molecule has 158 valence electrons. The molecule has 0 saturated heterocycles. The Morgan fingerprint density at radius 2 is 2.00 bits per heavy atom. The van der Waals surface area contributed by atoms with Crippen LogP contribution in [0.3, 0.4) is 0 Å². The van der Waals surface area contributed by atoms with Gasteiger partial charge in [0.05, 0.1) is 19.1 Å². The second kappa shape index (κ2) is 10.4. The lowest BCUT2D eigenvalue weighted by Gasteiger charge is -2.29. The first-order valence-corrected chi connectivity index (χ1v) is 12.7. The van der Waals surface area contributed by atoms with Gasteiger partial charge < -0.3 is 10.1 Å². The van der Waals surface area contributed by atoms with Crippen LogP contribution in [0.25, 0.3) is 0 Å². The number of sulfonamides is 1. The summed E-state index contributed by atoms with van der Waals surface area (Å²) >= 11 is 1.90. The minimum Gasteiger partial charge on any atom is -0.495 e. The molecule has 0 spiro atoms. The van der Waals surface area contributed by atoms with Crippen LogP contribution >= 0.6 is 11.8 Å². The van der Waals surface area contributed by atoms with Crippen LogP contribution in [0.2, 0.25) is 0 Å². The number of hydrogen-bond acceptors (Lipinski definition) is 5. The first kappa shape index (κ1) is 22.9. The summed E-state index contributed by atoms with van der Waals surface area (Å²) in [6.07, 6.45) is 7.53. The minimum atomic E-state index is -3.67. The van der Waals surface area contributed by atoms with Gasteiger partial charge >= 0.3 is 0 Å². The van der Waals surface area contributed by atoms with E-state index in [1.807, 2.05) is 24.8 Å². The first-order chi connectivity index (χ1) is 13.2. The highest BCUT2D eigenvalue weighted by atomic mass is 32.2.